The predicted octanol–water partition coefficient (Wildman–Crippen LogP) is 3.27. The second kappa shape index (κ2) is 6.50. The van der Waals surface area contributed by atoms with Gasteiger partial charge in [-0.15, -0.1) is 0 Å². The highest BCUT2D eigenvalue weighted by atomic mass is 19.3. The Morgan fingerprint density at radius 2 is 1.63 bits per heavy atom. The summed E-state index contributed by atoms with van der Waals surface area (Å²) in [6, 6.07) is 7.07. The van der Waals surface area contributed by atoms with Crippen LogP contribution in [0.25, 0.3) is 0 Å². The molecule has 1 saturated heterocycles. The van der Waals surface area contributed by atoms with Gasteiger partial charge in [0.2, 0.25) is 0 Å². The summed E-state index contributed by atoms with van der Waals surface area (Å²) in [6.45, 7) is 2.06. The number of carbonyl (C=O) groups is 1. The second-order valence-electron chi connectivity index (χ2n) is 4.74. The van der Waals surface area contributed by atoms with Crippen LogP contribution in [0.15, 0.2) is 24.3 Å². The predicted molar refractivity (Wildman–Crippen MR) is 71.8 cm³/mol. The zero-order valence-corrected chi connectivity index (χ0v) is 10.7. The summed E-state index contributed by atoms with van der Waals surface area (Å²) in [5.41, 5.74) is 1.49. The third kappa shape index (κ3) is 3.91. The van der Waals surface area contributed by atoms with Crippen LogP contribution in [0.2, 0.25) is 0 Å². The van der Waals surface area contributed by atoms with E-state index in [2.05, 4.69) is 10.2 Å². The number of rotatable bonds is 3. The molecule has 0 aromatic heterocycles. The van der Waals surface area contributed by atoms with Gasteiger partial charge >= 0.3 is 6.43 Å². The maximum Gasteiger partial charge on any atom is 0.315 e. The number of nitrogens with one attached hydrogen (secondary N) is 1. The van der Waals surface area contributed by atoms with Crippen molar-refractivity contribution in [3.05, 3.63) is 24.3 Å². The molecule has 1 aromatic rings. The zero-order chi connectivity index (χ0) is 13.7. The van der Waals surface area contributed by atoms with Gasteiger partial charge in [-0.3, -0.25) is 4.79 Å². The van der Waals surface area contributed by atoms with Gasteiger partial charge < -0.3 is 10.2 Å². The zero-order valence-electron chi connectivity index (χ0n) is 10.7. The van der Waals surface area contributed by atoms with Crippen molar-refractivity contribution in [2.75, 3.05) is 23.3 Å². The highest BCUT2D eigenvalue weighted by Gasteiger charge is 2.15. The van der Waals surface area contributed by atoms with Gasteiger partial charge in [-0.25, -0.2) is 0 Å². The number of hydrogen-bond acceptors (Lipinski definition) is 2. The molecule has 104 valence electrons. The number of benzene rings is 1. The largest absolute Gasteiger partial charge is 0.372 e. The lowest BCUT2D eigenvalue weighted by Crippen LogP contribution is -2.24. The Kier molecular flexibility index (Phi) is 4.71. The molecule has 1 amide bonds. The SMILES string of the molecule is O=C(Nc1ccc(N2CCCCCC2)cc1)C(F)F. The van der Waals surface area contributed by atoms with Crippen molar-refractivity contribution in [3.63, 3.8) is 0 Å². The van der Waals surface area contributed by atoms with Crippen LogP contribution in [0.5, 0.6) is 0 Å². The lowest BCUT2D eigenvalue weighted by Gasteiger charge is -2.22. The minimum absolute atomic E-state index is 0.406. The van der Waals surface area contributed by atoms with E-state index in [-0.39, 0.29) is 0 Å². The summed E-state index contributed by atoms with van der Waals surface area (Å²) >= 11 is 0. The van der Waals surface area contributed by atoms with Gasteiger partial charge in [-0.2, -0.15) is 8.78 Å². The number of anilines is 2. The normalized spacial score (nSPS) is 16.3. The molecule has 0 saturated carbocycles. The summed E-state index contributed by atoms with van der Waals surface area (Å²) in [7, 11) is 0. The molecule has 1 aliphatic heterocycles. The van der Waals surface area contributed by atoms with Gasteiger partial charge in [-0.05, 0) is 37.1 Å². The quantitative estimate of drug-likeness (QED) is 0.912. The van der Waals surface area contributed by atoms with Crippen molar-refractivity contribution in [1.82, 2.24) is 0 Å². The van der Waals surface area contributed by atoms with Gasteiger partial charge in [0.1, 0.15) is 0 Å². The first kappa shape index (κ1) is 13.8. The van der Waals surface area contributed by atoms with Crippen LogP contribution in [0.3, 0.4) is 0 Å². The van der Waals surface area contributed by atoms with Crippen molar-refractivity contribution in [3.8, 4) is 0 Å². The first-order valence-electron chi connectivity index (χ1n) is 6.61. The van der Waals surface area contributed by atoms with Gasteiger partial charge in [0.25, 0.3) is 5.91 Å². The molecular weight excluding hydrogens is 250 g/mol. The number of amides is 1. The van der Waals surface area contributed by atoms with Crippen LogP contribution in [0, 0.1) is 0 Å². The Bertz CT molecular complexity index is 412. The van der Waals surface area contributed by atoms with Crippen molar-refractivity contribution in [2.45, 2.75) is 32.1 Å². The van der Waals surface area contributed by atoms with Crippen LogP contribution < -0.4 is 10.2 Å². The molecular formula is C14H18F2N2O. The maximum absolute atomic E-state index is 12.1. The van der Waals surface area contributed by atoms with E-state index in [1.54, 1.807) is 12.1 Å². The molecule has 0 unspecified atom stereocenters. The standard InChI is InChI=1S/C14H18F2N2O/c15-13(16)14(19)17-11-5-7-12(8-6-11)18-9-3-1-2-4-10-18/h5-8,13H,1-4,9-10H2,(H,17,19). The fourth-order valence-corrected chi connectivity index (χ4v) is 2.28. The number of halogens is 2. The molecule has 1 aromatic carbocycles. The van der Waals surface area contributed by atoms with E-state index < -0.39 is 12.3 Å². The van der Waals surface area contributed by atoms with Crippen LogP contribution >= 0.6 is 0 Å². The van der Waals surface area contributed by atoms with Gasteiger partial charge in [0.05, 0.1) is 0 Å². The van der Waals surface area contributed by atoms with Crippen LogP contribution in [0.1, 0.15) is 25.7 Å². The van der Waals surface area contributed by atoms with Crippen molar-refractivity contribution in [1.29, 1.82) is 0 Å². The average molecular weight is 268 g/mol. The average Bonchev–Trinajstić information content (AvgIpc) is 2.68. The molecule has 19 heavy (non-hydrogen) atoms. The maximum atomic E-state index is 12.1. The molecule has 0 radical (unpaired) electrons. The van der Waals surface area contributed by atoms with E-state index >= 15 is 0 Å². The third-order valence-corrected chi connectivity index (χ3v) is 3.30. The van der Waals surface area contributed by atoms with E-state index in [9.17, 15) is 13.6 Å². The molecule has 1 N–H and O–H groups in total. The van der Waals surface area contributed by atoms with E-state index in [1.165, 1.54) is 25.7 Å². The van der Waals surface area contributed by atoms with Crippen molar-refractivity contribution >= 4 is 17.3 Å². The first-order valence-corrected chi connectivity index (χ1v) is 6.61. The molecule has 1 aliphatic rings. The summed E-state index contributed by atoms with van der Waals surface area (Å²) in [4.78, 5) is 13.2. The van der Waals surface area contributed by atoms with Crippen molar-refractivity contribution in [2.24, 2.45) is 0 Å². The van der Waals surface area contributed by atoms with Crippen LogP contribution in [-0.4, -0.2) is 25.4 Å². The van der Waals surface area contributed by atoms with E-state index in [1.807, 2.05) is 12.1 Å². The Hall–Kier alpha value is -1.65. The van der Waals surface area contributed by atoms with Crippen LogP contribution in [0.4, 0.5) is 20.2 Å². The topological polar surface area (TPSA) is 32.3 Å². The highest BCUT2D eigenvalue weighted by molar-refractivity contribution is 5.93. The molecule has 0 bridgehead atoms. The number of alkyl halides is 2. The first-order chi connectivity index (χ1) is 9.16. The monoisotopic (exact) mass is 268 g/mol. The summed E-state index contributed by atoms with van der Waals surface area (Å²) < 4.78 is 24.2. The third-order valence-electron chi connectivity index (χ3n) is 3.30. The smallest absolute Gasteiger partial charge is 0.315 e. The molecule has 1 heterocycles. The van der Waals surface area contributed by atoms with E-state index in [4.69, 9.17) is 0 Å². The van der Waals surface area contributed by atoms with Gasteiger partial charge in [0.15, 0.2) is 0 Å². The summed E-state index contributed by atoms with van der Waals surface area (Å²) in [5, 5.41) is 2.18. The number of carbonyl (C=O) groups excluding carboxylic acids is 1. The Morgan fingerprint density at radius 3 is 2.16 bits per heavy atom. The Balaban J connectivity index is 1.99. The fraction of sp³-hybridized carbons (Fsp3) is 0.500. The summed E-state index contributed by atoms with van der Waals surface area (Å²) in [5.74, 6) is -1.26. The summed E-state index contributed by atoms with van der Waals surface area (Å²) in [6.07, 6.45) is 1.91. The van der Waals surface area contributed by atoms with Crippen molar-refractivity contribution < 1.29 is 13.6 Å². The van der Waals surface area contributed by atoms with Gasteiger partial charge in [-0.1, -0.05) is 12.8 Å². The highest BCUT2D eigenvalue weighted by Crippen LogP contribution is 2.21. The number of hydrogen-bond donors (Lipinski definition) is 1. The fourth-order valence-electron chi connectivity index (χ4n) is 2.28. The Labute approximate surface area is 111 Å². The molecule has 5 heteroatoms. The minimum Gasteiger partial charge on any atom is -0.372 e. The molecule has 0 atom stereocenters. The van der Waals surface area contributed by atoms with Crippen LogP contribution in [-0.2, 0) is 4.79 Å². The lowest BCUT2D eigenvalue weighted by molar-refractivity contribution is -0.126. The Morgan fingerprint density at radius 1 is 1.05 bits per heavy atom. The molecule has 0 spiro atoms. The second-order valence-corrected chi connectivity index (χ2v) is 4.74. The molecule has 1 fully saturated rings. The lowest BCUT2D eigenvalue weighted by atomic mass is 10.2. The van der Waals surface area contributed by atoms with Gasteiger partial charge in [0, 0.05) is 24.5 Å². The number of nitrogens with zero attached hydrogens (tertiary/aromatic N) is 1. The molecule has 2 rings (SSSR count). The molecule has 0 aliphatic carbocycles. The molecule has 3 nitrogen and oxygen atoms in total. The van der Waals surface area contributed by atoms with E-state index in [0.29, 0.717) is 5.69 Å². The van der Waals surface area contributed by atoms with E-state index in [0.717, 1.165) is 18.8 Å². The minimum atomic E-state index is -2.98.